The maximum absolute atomic E-state index is 4.23. The van der Waals surface area contributed by atoms with Crippen molar-refractivity contribution in [3.8, 4) is 0 Å². The molecule has 0 aliphatic heterocycles. The van der Waals surface area contributed by atoms with Gasteiger partial charge in [0.15, 0.2) is 0 Å². The van der Waals surface area contributed by atoms with E-state index < -0.39 is 0 Å². The van der Waals surface area contributed by atoms with Crippen LogP contribution in [0.4, 0.5) is 0 Å². The monoisotopic (exact) mass is 206 g/mol. The van der Waals surface area contributed by atoms with Gasteiger partial charge in [0.1, 0.15) is 0 Å². The van der Waals surface area contributed by atoms with Gasteiger partial charge in [-0.15, -0.1) is 0 Å². The van der Waals surface area contributed by atoms with Crippen LogP contribution in [0.3, 0.4) is 0 Å². The van der Waals surface area contributed by atoms with Gasteiger partial charge in [-0.1, -0.05) is 20.8 Å². The van der Waals surface area contributed by atoms with Gasteiger partial charge in [-0.2, -0.15) is 24.4 Å². The van der Waals surface area contributed by atoms with Crippen LogP contribution in [-0.2, 0) is 0 Å². The highest BCUT2D eigenvalue weighted by atomic mass is 32.2. The zero-order chi connectivity index (χ0) is 9.40. The minimum atomic E-state index is 0.841. The predicted molar refractivity (Wildman–Crippen MR) is 64.5 cm³/mol. The predicted octanol–water partition coefficient (Wildman–Crippen LogP) is 3.86. The van der Waals surface area contributed by atoms with E-state index >= 15 is 0 Å². The van der Waals surface area contributed by atoms with Gasteiger partial charge < -0.3 is 0 Å². The van der Waals surface area contributed by atoms with Crippen molar-refractivity contribution in [2.45, 2.75) is 45.3 Å². The standard InChI is InChI=1S/C10H22S2/c1-4-10(3)12-8-6-9(2)5-7-11/h9-11H,4-8H2,1-3H3. The topological polar surface area (TPSA) is 0 Å². The third kappa shape index (κ3) is 7.35. The first-order valence-corrected chi connectivity index (χ1v) is 6.61. The lowest BCUT2D eigenvalue weighted by atomic mass is 10.1. The highest BCUT2D eigenvalue weighted by molar-refractivity contribution is 7.99. The molecule has 0 saturated carbocycles. The van der Waals surface area contributed by atoms with Gasteiger partial charge in [0.05, 0.1) is 0 Å². The number of hydrogen-bond donors (Lipinski definition) is 1. The Kier molecular flexibility index (Phi) is 8.79. The van der Waals surface area contributed by atoms with Crippen molar-refractivity contribution in [3.63, 3.8) is 0 Å². The van der Waals surface area contributed by atoms with Gasteiger partial charge in [0.25, 0.3) is 0 Å². The van der Waals surface area contributed by atoms with Gasteiger partial charge in [-0.3, -0.25) is 0 Å². The molecule has 0 bridgehead atoms. The molecule has 0 saturated heterocycles. The second kappa shape index (κ2) is 8.31. The van der Waals surface area contributed by atoms with Crippen LogP contribution in [0.5, 0.6) is 0 Å². The minimum absolute atomic E-state index is 0.841. The third-order valence-corrected chi connectivity index (χ3v) is 3.84. The first-order valence-electron chi connectivity index (χ1n) is 4.93. The number of rotatable bonds is 7. The van der Waals surface area contributed by atoms with Crippen LogP contribution in [0, 0.1) is 5.92 Å². The first kappa shape index (κ1) is 12.7. The van der Waals surface area contributed by atoms with Crippen LogP contribution in [0.2, 0.25) is 0 Å². The summed E-state index contributed by atoms with van der Waals surface area (Å²) >= 11 is 6.34. The molecule has 0 amide bonds. The van der Waals surface area contributed by atoms with E-state index in [0.29, 0.717) is 0 Å². The highest BCUT2D eigenvalue weighted by Crippen LogP contribution is 2.18. The average molecular weight is 206 g/mol. The zero-order valence-electron chi connectivity index (χ0n) is 8.55. The maximum atomic E-state index is 4.23. The third-order valence-electron chi connectivity index (χ3n) is 2.21. The van der Waals surface area contributed by atoms with Crippen LogP contribution >= 0.6 is 24.4 Å². The van der Waals surface area contributed by atoms with Gasteiger partial charge in [0, 0.05) is 5.25 Å². The van der Waals surface area contributed by atoms with Crippen molar-refractivity contribution < 1.29 is 0 Å². The summed E-state index contributed by atoms with van der Waals surface area (Å²) < 4.78 is 0. The second-order valence-corrected chi connectivity index (χ2v) is 5.49. The van der Waals surface area contributed by atoms with Gasteiger partial charge in [-0.05, 0) is 36.7 Å². The molecule has 0 aliphatic carbocycles. The molecule has 2 unspecified atom stereocenters. The molecular weight excluding hydrogens is 184 g/mol. The molecule has 0 heterocycles. The molecule has 0 fully saturated rings. The fraction of sp³-hybridized carbons (Fsp3) is 1.00. The molecule has 0 aromatic rings. The Morgan fingerprint density at radius 1 is 1.25 bits per heavy atom. The molecule has 74 valence electrons. The minimum Gasteiger partial charge on any atom is -0.179 e. The highest BCUT2D eigenvalue weighted by Gasteiger charge is 2.03. The lowest BCUT2D eigenvalue weighted by molar-refractivity contribution is 0.553. The Hall–Kier alpha value is 0.700. The molecule has 0 nitrogen and oxygen atoms in total. The van der Waals surface area contributed by atoms with E-state index in [4.69, 9.17) is 0 Å². The molecule has 0 spiro atoms. The van der Waals surface area contributed by atoms with Crippen molar-refractivity contribution in [2.24, 2.45) is 5.92 Å². The molecule has 0 rings (SSSR count). The SMILES string of the molecule is CCC(C)SCCC(C)CCS. The zero-order valence-corrected chi connectivity index (χ0v) is 10.3. The summed E-state index contributed by atoms with van der Waals surface area (Å²) in [6.45, 7) is 6.90. The first-order chi connectivity index (χ1) is 5.70. The van der Waals surface area contributed by atoms with Crippen LogP contribution in [0.1, 0.15) is 40.0 Å². The number of hydrogen-bond acceptors (Lipinski definition) is 2. The lowest BCUT2D eigenvalue weighted by Gasteiger charge is -2.11. The van der Waals surface area contributed by atoms with Gasteiger partial charge >= 0.3 is 0 Å². The van der Waals surface area contributed by atoms with Crippen molar-refractivity contribution in [3.05, 3.63) is 0 Å². The Morgan fingerprint density at radius 3 is 2.42 bits per heavy atom. The average Bonchev–Trinajstić information content (AvgIpc) is 2.04. The van der Waals surface area contributed by atoms with Gasteiger partial charge in [-0.25, -0.2) is 0 Å². The van der Waals surface area contributed by atoms with Crippen LogP contribution in [0.25, 0.3) is 0 Å². The van der Waals surface area contributed by atoms with Crippen LogP contribution in [0.15, 0.2) is 0 Å². The number of thiol groups is 1. The molecule has 0 radical (unpaired) electrons. The van der Waals surface area contributed by atoms with Crippen molar-refractivity contribution in [2.75, 3.05) is 11.5 Å². The summed E-state index contributed by atoms with van der Waals surface area (Å²) in [5, 5.41) is 0.841. The lowest BCUT2D eigenvalue weighted by Crippen LogP contribution is -2.00. The molecule has 0 N–H and O–H groups in total. The molecule has 0 aromatic carbocycles. The second-order valence-electron chi connectivity index (χ2n) is 3.50. The summed E-state index contributed by atoms with van der Waals surface area (Å²) in [6, 6.07) is 0. The van der Waals surface area contributed by atoms with Crippen LogP contribution < -0.4 is 0 Å². The fourth-order valence-electron chi connectivity index (χ4n) is 0.953. The van der Waals surface area contributed by atoms with E-state index in [1.54, 1.807) is 0 Å². The summed E-state index contributed by atoms with van der Waals surface area (Å²) in [6.07, 6.45) is 3.92. The van der Waals surface area contributed by atoms with E-state index in [0.717, 1.165) is 16.9 Å². The quantitative estimate of drug-likeness (QED) is 0.617. The molecule has 0 aromatic heterocycles. The van der Waals surface area contributed by atoms with Crippen molar-refractivity contribution in [1.82, 2.24) is 0 Å². The Balaban J connectivity index is 3.18. The smallest absolute Gasteiger partial charge is 0.00160 e. The molecule has 2 atom stereocenters. The largest absolute Gasteiger partial charge is 0.179 e. The van der Waals surface area contributed by atoms with Crippen LogP contribution in [-0.4, -0.2) is 16.8 Å². The summed E-state index contributed by atoms with van der Waals surface area (Å²) in [7, 11) is 0. The van der Waals surface area contributed by atoms with E-state index in [9.17, 15) is 0 Å². The fourth-order valence-corrected chi connectivity index (χ4v) is 2.57. The maximum Gasteiger partial charge on any atom is 0.00160 e. The van der Waals surface area contributed by atoms with E-state index in [1.807, 2.05) is 0 Å². The summed E-state index contributed by atoms with van der Waals surface area (Å²) in [5.41, 5.74) is 0. The molecule has 0 aliphatic rings. The Labute approximate surface area is 87.3 Å². The Bertz CT molecular complexity index is 93.8. The van der Waals surface area contributed by atoms with Crippen molar-refractivity contribution >= 4 is 24.4 Å². The Morgan fingerprint density at radius 2 is 1.92 bits per heavy atom. The molecule has 2 heteroatoms. The number of thioether (sulfide) groups is 1. The van der Waals surface area contributed by atoms with E-state index in [2.05, 4.69) is 45.2 Å². The van der Waals surface area contributed by atoms with Gasteiger partial charge in [0.2, 0.25) is 0 Å². The van der Waals surface area contributed by atoms with Crippen molar-refractivity contribution in [1.29, 1.82) is 0 Å². The summed E-state index contributed by atoms with van der Waals surface area (Å²) in [4.78, 5) is 0. The van der Waals surface area contributed by atoms with E-state index in [1.165, 1.54) is 25.0 Å². The van der Waals surface area contributed by atoms with E-state index in [-0.39, 0.29) is 0 Å². The molecule has 12 heavy (non-hydrogen) atoms. The summed E-state index contributed by atoms with van der Waals surface area (Å²) in [5.74, 6) is 3.22. The normalized spacial score (nSPS) is 16.0. The molecular formula is C10H22S2.